The number of carbonyl (C=O) groups excluding carboxylic acids is 3. The third-order valence-electron chi connectivity index (χ3n) is 8.49. The average Bonchev–Trinajstić information content (AvgIpc) is 3.09. The van der Waals surface area contributed by atoms with Crippen LogP contribution in [0.1, 0.15) is 27.8 Å². The number of phenolic OH excluding ortho intramolecular Hbond substituents is 1. The fourth-order valence-electron chi connectivity index (χ4n) is 5.86. The lowest BCUT2D eigenvalue weighted by Gasteiger charge is -2.38. The maximum Gasteiger partial charge on any atom is 0.326 e. The van der Waals surface area contributed by atoms with Crippen LogP contribution in [-0.2, 0) is 51.4 Å². The molecule has 0 aliphatic carbocycles. The van der Waals surface area contributed by atoms with Gasteiger partial charge in [0.25, 0.3) is 0 Å². The summed E-state index contributed by atoms with van der Waals surface area (Å²) in [5.74, 6) is -2.80. The number of anilines is 1. The minimum atomic E-state index is -1.27. The SMILES string of the molecule is Nc1ccc(C[C@H](NC(=O)[C@H](Cc2ccccc2)NC(=O)[C@@H]2Cc3ccccc3CN2C(=O)[C@@H](N)Cc2ccc(O)cc2)C(=O)O)cc1. The van der Waals surface area contributed by atoms with Crippen LogP contribution in [0, 0.1) is 0 Å². The Balaban J connectivity index is 1.38. The number of nitrogens with zero attached hydrogens (tertiary/aromatic N) is 1. The van der Waals surface area contributed by atoms with Gasteiger partial charge in [-0.25, -0.2) is 4.79 Å². The highest BCUT2D eigenvalue weighted by atomic mass is 16.4. The molecule has 11 nitrogen and oxygen atoms in total. The molecule has 0 saturated heterocycles. The van der Waals surface area contributed by atoms with Gasteiger partial charge in [-0.2, -0.15) is 0 Å². The highest BCUT2D eigenvalue weighted by molar-refractivity contribution is 5.95. The molecule has 1 aliphatic rings. The van der Waals surface area contributed by atoms with Crippen LogP contribution in [0.5, 0.6) is 5.75 Å². The van der Waals surface area contributed by atoms with Crippen LogP contribution in [-0.4, -0.2) is 63.0 Å². The highest BCUT2D eigenvalue weighted by Gasteiger charge is 2.38. The number of rotatable bonds is 12. The van der Waals surface area contributed by atoms with Crippen molar-refractivity contribution in [2.45, 2.75) is 56.4 Å². The standard InChI is InChI=1S/C37H39N5O6/c38-28-14-10-25(11-15-28)20-32(37(47)48)41-34(44)31(19-23-6-2-1-3-7-23)40-35(45)33-21-26-8-4-5-9-27(26)22-42(33)36(46)30(39)18-24-12-16-29(43)17-13-24/h1-17,30-33,43H,18-22,38-39H2,(H,40,45)(H,41,44)(H,47,48)/t30-,31-,32-,33-/m0/s1. The molecule has 248 valence electrons. The van der Waals surface area contributed by atoms with Crippen LogP contribution in [0.3, 0.4) is 0 Å². The smallest absolute Gasteiger partial charge is 0.326 e. The zero-order valence-corrected chi connectivity index (χ0v) is 26.3. The van der Waals surface area contributed by atoms with Crippen LogP contribution in [0.25, 0.3) is 0 Å². The van der Waals surface area contributed by atoms with Gasteiger partial charge in [0, 0.05) is 31.5 Å². The molecular formula is C37H39N5O6. The Bertz CT molecular complexity index is 1750. The molecule has 0 fully saturated rings. The molecule has 3 amide bonds. The zero-order valence-electron chi connectivity index (χ0n) is 26.3. The molecule has 1 aliphatic heterocycles. The van der Waals surface area contributed by atoms with E-state index in [4.69, 9.17) is 11.5 Å². The van der Waals surface area contributed by atoms with Gasteiger partial charge >= 0.3 is 5.97 Å². The molecule has 0 saturated carbocycles. The molecular weight excluding hydrogens is 610 g/mol. The summed E-state index contributed by atoms with van der Waals surface area (Å²) in [6, 6.07) is 25.3. The molecule has 0 bridgehead atoms. The lowest BCUT2D eigenvalue weighted by molar-refractivity contribution is -0.144. The number of fused-ring (bicyclic) bond motifs is 1. The Labute approximate surface area is 278 Å². The number of nitrogen functional groups attached to an aromatic ring is 1. The monoisotopic (exact) mass is 649 g/mol. The van der Waals surface area contributed by atoms with Crippen LogP contribution in [0.15, 0.2) is 103 Å². The third kappa shape index (κ3) is 8.56. The Kier molecular flexibility index (Phi) is 10.7. The van der Waals surface area contributed by atoms with Crippen molar-refractivity contribution in [3.05, 3.63) is 131 Å². The van der Waals surface area contributed by atoms with E-state index in [-0.39, 0.29) is 38.0 Å². The number of nitrogens with one attached hydrogen (secondary N) is 2. The number of amides is 3. The molecule has 0 spiro atoms. The van der Waals surface area contributed by atoms with E-state index in [0.717, 1.165) is 22.3 Å². The third-order valence-corrected chi connectivity index (χ3v) is 8.49. The van der Waals surface area contributed by atoms with Crippen molar-refractivity contribution in [1.82, 2.24) is 15.5 Å². The van der Waals surface area contributed by atoms with Crippen molar-refractivity contribution >= 4 is 29.4 Å². The Hall–Kier alpha value is -5.68. The van der Waals surface area contributed by atoms with Gasteiger partial charge in [-0.05, 0) is 58.5 Å². The van der Waals surface area contributed by atoms with Gasteiger partial charge in [-0.3, -0.25) is 14.4 Å². The van der Waals surface area contributed by atoms with Crippen molar-refractivity contribution in [3.63, 3.8) is 0 Å². The molecule has 11 heteroatoms. The normalized spacial score (nSPS) is 15.8. The summed E-state index contributed by atoms with van der Waals surface area (Å²) in [7, 11) is 0. The number of nitrogens with two attached hydrogens (primary N) is 2. The number of carboxylic acid groups (broad SMARTS) is 1. The predicted octanol–water partition coefficient (Wildman–Crippen LogP) is 2.34. The van der Waals surface area contributed by atoms with Gasteiger partial charge in [0.1, 0.15) is 23.9 Å². The summed E-state index contributed by atoms with van der Waals surface area (Å²) < 4.78 is 0. The summed E-state index contributed by atoms with van der Waals surface area (Å²) in [4.78, 5) is 55.3. The molecule has 5 rings (SSSR count). The molecule has 0 aromatic heterocycles. The summed E-state index contributed by atoms with van der Waals surface area (Å²) in [6.07, 6.45) is 0.488. The van der Waals surface area contributed by atoms with Crippen LogP contribution < -0.4 is 22.1 Å². The first kappa shape index (κ1) is 33.7. The molecule has 0 unspecified atom stereocenters. The maximum absolute atomic E-state index is 14.1. The molecule has 4 aromatic carbocycles. The lowest BCUT2D eigenvalue weighted by atomic mass is 9.92. The molecule has 4 aromatic rings. The van der Waals surface area contributed by atoms with Gasteiger partial charge < -0.3 is 37.2 Å². The number of hydrogen-bond donors (Lipinski definition) is 6. The quantitative estimate of drug-likeness (QED) is 0.126. The number of benzene rings is 4. The van der Waals surface area contributed by atoms with E-state index < -0.39 is 47.9 Å². The van der Waals surface area contributed by atoms with E-state index >= 15 is 0 Å². The van der Waals surface area contributed by atoms with Crippen molar-refractivity contribution in [1.29, 1.82) is 0 Å². The van der Waals surface area contributed by atoms with Gasteiger partial charge in [-0.1, -0.05) is 78.9 Å². The minimum Gasteiger partial charge on any atom is -0.508 e. The Morgan fingerprint density at radius 3 is 1.96 bits per heavy atom. The van der Waals surface area contributed by atoms with E-state index in [9.17, 15) is 29.4 Å². The molecule has 8 N–H and O–H groups in total. The number of phenols is 1. The number of aromatic hydroxyl groups is 1. The largest absolute Gasteiger partial charge is 0.508 e. The fourth-order valence-corrected chi connectivity index (χ4v) is 5.86. The molecule has 48 heavy (non-hydrogen) atoms. The average molecular weight is 650 g/mol. The number of carboxylic acids is 1. The van der Waals surface area contributed by atoms with Gasteiger partial charge in [-0.15, -0.1) is 0 Å². The van der Waals surface area contributed by atoms with Crippen molar-refractivity contribution in [2.24, 2.45) is 5.73 Å². The number of carbonyl (C=O) groups is 4. The van der Waals surface area contributed by atoms with Crippen LogP contribution >= 0.6 is 0 Å². The second-order valence-corrected chi connectivity index (χ2v) is 12.0. The predicted molar refractivity (Wildman–Crippen MR) is 180 cm³/mol. The number of hydrogen-bond acceptors (Lipinski definition) is 7. The zero-order chi connectivity index (χ0) is 34.2. The highest BCUT2D eigenvalue weighted by Crippen LogP contribution is 2.25. The van der Waals surface area contributed by atoms with E-state index in [1.807, 2.05) is 42.5 Å². The summed E-state index contributed by atoms with van der Waals surface area (Å²) >= 11 is 0. The van der Waals surface area contributed by atoms with E-state index in [1.165, 1.54) is 17.0 Å². The van der Waals surface area contributed by atoms with E-state index in [2.05, 4.69) is 10.6 Å². The van der Waals surface area contributed by atoms with Crippen molar-refractivity contribution < 1.29 is 29.4 Å². The first-order valence-electron chi connectivity index (χ1n) is 15.7. The fraction of sp³-hybridized carbons (Fsp3) is 0.243. The first-order valence-corrected chi connectivity index (χ1v) is 15.7. The van der Waals surface area contributed by atoms with Crippen LogP contribution in [0.2, 0.25) is 0 Å². The van der Waals surface area contributed by atoms with Crippen molar-refractivity contribution in [2.75, 3.05) is 5.73 Å². The van der Waals surface area contributed by atoms with Gasteiger partial charge in [0.15, 0.2) is 0 Å². The molecule has 1 heterocycles. The summed E-state index contributed by atoms with van der Waals surface area (Å²) in [5, 5.41) is 25.0. The minimum absolute atomic E-state index is 0.00790. The first-order chi connectivity index (χ1) is 23.1. The Morgan fingerprint density at radius 2 is 1.29 bits per heavy atom. The van der Waals surface area contributed by atoms with Gasteiger partial charge in [0.05, 0.1) is 6.04 Å². The molecule has 0 radical (unpaired) electrons. The Morgan fingerprint density at radius 1 is 0.729 bits per heavy atom. The van der Waals surface area contributed by atoms with E-state index in [1.54, 1.807) is 48.5 Å². The number of aliphatic carboxylic acids is 1. The molecule has 4 atom stereocenters. The second kappa shape index (κ2) is 15.3. The van der Waals surface area contributed by atoms with Gasteiger partial charge in [0.2, 0.25) is 17.7 Å². The topological polar surface area (TPSA) is 188 Å². The lowest BCUT2D eigenvalue weighted by Crippen LogP contribution is -2.60. The van der Waals surface area contributed by atoms with E-state index in [0.29, 0.717) is 11.3 Å². The van der Waals surface area contributed by atoms with Crippen LogP contribution in [0.4, 0.5) is 5.69 Å². The maximum atomic E-state index is 14.1. The second-order valence-electron chi connectivity index (χ2n) is 12.0. The van der Waals surface area contributed by atoms with Crippen molar-refractivity contribution in [3.8, 4) is 5.75 Å². The summed E-state index contributed by atoms with van der Waals surface area (Å²) in [5.41, 5.74) is 16.6. The summed E-state index contributed by atoms with van der Waals surface area (Å²) in [6.45, 7) is 0.147.